The van der Waals surface area contributed by atoms with Gasteiger partial charge >= 0.3 is 0 Å². The van der Waals surface area contributed by atoms with Crippen molar-refractivity contribution in [3.63, 3.8) is 0 Å². The number of hydrogen-bond acceptors (Lipinski definition) is 4. The molecule has 0 amide bonds. The molecule has 0 radical (unpaired) electrons. The Bertz CT molecular complexity index is 469. The van der Waals surface area contributed by atoms with Crippen LogP contribution in [0.1, 0.15) is 19.8 Å². The second-order valence-electron chi connectivity index (χ2n) is 3.78. The number of nitrogens with one attached hydrogen (secondary N) is 2. The van der Waals surface area contributed by atoms with Crippen LogP contribution in [0.4, 0.5) is 5.82 Å². The van der Waals surface area contributed by atoms with Crippen LogP contribution in [0.2, 0.25) is 0 Å². The Hall–Kier alpha value is -1.14. The van der Waals surface area contributed by atoms with E-state index in [0.29, 0.717) is 12.4 Å². The number of hydrogen-bond donors (Lipinski definition) is 2. The predicted molar refractivity (Wildman–Crippen MR) is 61.7 cm³/mol. The molecule has 1 aromatic heterocycles. The number of nitrogens with zero attached hydrogens (tertiary/aromatic N) is 1. The van der Waals surface area contributed by atoms with E-state index in [1.54, 1.807) is 18.3 Å². The van der Waals surface area contributed by atoms with Crippen LogP contribution in [0.3, 0.4) is 0 Å². The normalized spacial score (nSPS) is 16.1. The van der Waals surface area contributed by atoms with Gasteiger partial charge in [-0.05, 0) is 31.9 Å². The van der Waals surface area contributed by atoms with E-state index in [4.69, 9.17) is 0 Å². The summed E-state index contributed by atoms with van der Waals surface area (Å²) in [5, 5.41) is 2.95. The minimum Gasteiger partial charge on any atom is -0.369 e. The number of aromatic nitrogens is 1. The maximum Gasteiger partial charge on any atom is 0.244 e. The molecule has 1 aromatic rings. The first kappa shape index (κ1) is 11.3. The highest BCUT2D eigenvalue weighted by atomic mass is 32.2. The third-order valence-corrected chi connectivity index (χ3v) is 3.86. The third-order valence-electron chi connectivity index (χ3n) is 2.30. The van der Waals surface area contributed by atoms with Crippen molar-refractivity contribution < 1.29 is 8.42 Å². The fraction of sp³-hybridized carbons (Fsp3) is 0.500. The Kier molecular flexibility index (Phi) is 3.11. The standard InChI is InChI=1S/C10H15N3O2S/c1-2-11-10-9(4-3-7-12-10)16(14,15)13-8-5-6-8/h3-4,7-8,13H,2,5-6H2,1H3,(H,11,12). The van der Waals surface area contributed by atoms with E-state index < -0.39 is 10.0 Å². The topological polar surface area (TPSA) is 71.1 Å². The molecule has 0 aromatic carbocycles. The Balaban J connectivity index is 2.30. The Morgan fingerprint density at radius 3 is 2.88 bits per heavy atom. The minimum atomic E-state index is -3.42. The van der Waals surface area contributed by atoms with Crippen LogP contribution in [0.15, 0.2) is 23.2 Å². The van der Waals surface area contributed by atoms with Crippen molar-refractivity contribution in [3.05, 3.63) is 18.3 Å². The zero-order chi connectivity index (χ0) is 11.6. The molecule has 2 rings (SSSR count). The zero-order valence-electron chi connectivity index (χ0n) is 9.10. The number of anilines is 1. The van der Waals surface area contributed by atoms with E-state index in [0.717, 1.165) is 12.8 Å². The summed E-state index contributed by atoms with van der Waals surface area (Å²) in [4.78, 5) is 4.26. The fourth-order valence-electron chi connectivity index (χ4n) is 1.39. The molecule has 0 bridgehead atoms. The van der Waals surface area contributed by atoms with Crippen molar-refractivity contribution in [2.75, 3.05) is 11.9 Å². The predicted octanol–water partition coefficient (Wildman–Crippen LogP) is 0.954. The summed E-state index contributed by atoms with van der Waals surface area (Å²) < 4.78 is 26.6. The van der Waals surface area contributed by atoms with E-state index in [1.165, 1.54) is 0 Å². The van der Waals surface area contributed by atoms with E-state index in [9.17, 15) is 8.42 Å². The van der Waals surface area contributed by atoms with Crippen LogP contribution in [0, 0.1) is 0 Å². The largest absolute Gasteiger partial charge is 0.369 e. The SMILES string of the molecule is CCNc1ncccc1S(=O)(=O)NC1CC1. The minimum absolute atomic E-state index is 0.111. The summed E-state index contributed by atoms with van der Waals surface area (Å²) in [6.45, 7) is 2.54. The van der Waals surface area contributed by atoms with Crippen LogP contribution in [0.5, 0.6) is 0 Å². The van der Waals surface area contributed by atoms with Crippen LogP contribution in [-0.4, -0.2) is 26.0 Å². The Labute approximate surface area is 95.3 Å². The second kappa shape index (κ2) is 4.39. The summed E-state index contributed by atoms with van der Waals surface area (Å²) in [5.74, 6) is 0.415. The summed E-state index contributed by atoms with van der Waals surface area (Å²) >= 11 is 0. The number of rotatable bonds is 5. The summed E-state index contributed by atoms with van der Waals surface area (Å²) in [7, 11) is -3.42. The molecule has 0 aliphatic heterocycles. The molecule has 1 saturated carbocycles. The molecule has 0 unspecified atom stereocenters. The first-order valence-corrected chi connectivity index (χ1v) is 6.83. The fourth-order valence-corrected chi connectivity index (χ4v) is 2.83. The van der Waals surface area contributed by atoms with Gasteiger partial charge in [0.15, 0.2) is 0 Å². The molecule has 2 N–H and O–H groups in total. The van der Waals surface area contributed by atoms with Gasteiger partial charge in [0.05, 0.1) is 0 Å². The highest BCUT2D eigenvalue weighted by Crippen LogP contribution is 2.24. The van der Waals surface area contributed by atoms with Gasteiger partial charge in [0.2, 0.25) is 10.0 Å². The van der Waals surface area contributed by atoms with Gasteiger partial charge in [0.25, 0.3) is 0 Å². The van der Waals surface area contributed by atoms with Crippen LogP contribution in [-0.2, 0) is 10.0 Å². The van der Waals surface area contributed by atoms with Gasteiger partial charge in [-0.2, -0.15) is 0 Å². The lowest BCUT2D eigenvalue weighted by Gasteiger charge is -2.10. The van der Waals surface area contributed by atoms with E-state index in [2.05, 4.69) is 15.0 Å². The van der Waals surface area contributed by atoms with Crippen LogP contribution >= 0.6 is 0 Å². The van der Waals surface area contributed by atoms with Crippen molar-refractivity contribution in [1.29, 1.82) is 0 Å². The third kappa shape index (κ3) is 2.51. The lowest BCUT2D eigenvalue weighted by molar-refractivity contribution is 0.581. The van der Waals surface area contributed by atoms with Crippen molar-refractivity contribution in [2.24, 2.45) is 0 Å². The molecule has 1 aliphatic rings. The molecule has 5 nitrogen and oxygen atoms in total. The smallest absolute Gasteiger partial charge is 0.244 e. The average Bonchev–Trinajstić information content (AvgIpc) is 3.02. The molecule has 1 aliphatic carbocycles. The van der Waals surface area contributed by atoms with Crippen molar-refractivity contribution in [3.8, 4) is 0 Å². The maximum atomic E-state index is 12.0. The molecule has 1 heterocycles. The molecule has 88 valence electrons. The molecule has 0 saturated heterocycles. The van der Waals surface area contributed by atoms with Crippen LogP contribution < -0.4 is 10.0 Å². The van der Waals surface area contributed by atoms with E-state index in [-0.39, 0.29) is 10.9 Å². The number of pyridine rings is 1. The highest BCUT2D eigenvalue weighted by molar-refractivity contribution is 7.89. The maximum absolute atomic E-state index is 12.0. The van der Waals surface area contributed by atoms with E-state index >= 15 is 0 Å². The van der Waals surface area contributed by atoms with Crippen molar-refractivity contribution in [1.82, 2.24) is 9.71 Å². The zero-order valence-corrected chi connectivity index (χ0v) is 9.92. The van der Waals surface area contributed by atoms with Crippen molar-refractivity contribution >= 4 is 15.8 Å². The molecule has 16 heavy (non-hydrogen) atoms. The Morgan fingerprint density at radius 2 is 2.25 bits per heavy atom. The number of sulfonamides is 1. The van der Waals surface area contributed by atoms with Crippen molar-refractivity contribution in [2.45, 2.75) is 30.7 Å². The first-order valence-electron chi connectivity index (χ1n) is 5.34. The van der Waals surface area contributed by atoms with Gasteiger partial charge in [-0.3, -0.25) is 0 Å². The lowest BCUT2D eigenvalue weighted by Crippen LogP contribution is -2.26. The van der Waals surface area contributed by atoms with Gasteiger partial charge in [0.1, 0.15) is 10.7 Å². The van der Waals surface area contributed by atoms with Gasteiger partial charge in [-0.15, -0.1) is 0 Å². The summed E-state index contributed by atoms with van der Waals surface area (Å²) in [5.41, 5.74) is 0. The molecular formula is C10H15N3O2S. The van der Waals surface area contributed by atoms with Gasteiger partial charge < -0.3 is 5.32 Å². The van der Waals surface area contributed by atoms with Gasteiger partial charge in [-0.1, -0.05) is 0 Å². The summed E-state index contributed by atoms with van der Waals surface area (Å²) in [6, 6.07) is 3.30. The molecule has 6 heteroatoms. The lowest BCUT2D eigenvalue weighted by atomic mass is 10.4. The van der Waals surface area contributed by atoms with Gasteiger partial charge in [-0.25, -0.2) is 18.1 Å². The Morgan fingerprint density at radius 1 is 1.50 bits per heavy atom. The summed E-state index contributed by atoms with van der Waals surface area (Å²) in [6.07, 6.45) is 3.43. The molecule has 0 atom stereocenters. The molecule has 0 spiro atoms. The average molecular weight is 241 g/mol. The van der Waals surface area contributed by atoms with Gasteiger partial charge in [0, 0.05) is 18.8 Å². The molecule has 1 fully saturated rings. The molecular weight excluding hydrogens is 226 g/mol. The quantitative estimate of drug-likeness (QED) is 0.805. The second-order valence-corrected chi connectivity index (χ2v) is 5.46. The van der Waals surface area contributed by atoms with Crippen LogP contribution in [0.25, 0.3) is 0 Å². The van der Waals surface area contributed by atoms with E-state index in [1.807, 2.05) is 6.92 Å². The highest BCUT2D eigenvalue weighted by Gasteiger charge is 2.29. The first-order chi connectivity index (χ1) is 7.63. The monoisotopic (exact) mass is 241 g/mol.